The Morgan fingerprint density at radius 3 is 2.64 bits per heavy atom. The number of hydrogen-bond acceptors (Lipinski definition) is 5. The van der Waals surface area contributed by atoms with Crippen LogP contribution in [0.2, 0.25) is 0 Å². The fraction of sp³-hybridized carbons (Fsp3) is 0.520. The normalized spacial score (nSPS) is 13.2. The van der Waals surface area contributed by atoms with Crippen molar-refractivity contribution in [2.45, 2.75) is 64.3 Å². The molecule has 2 aromatic rings. The maximum atomic E-state index is 14.0. The molecule has 0 aliphatic rings. The molecule has 1 aromatic carbocycles. The molecule has 2 unspecified atom stereocenters. The highest BCUT2D eigenvalue weighted by Gasteiger charge is 2.22. The van der Waals surface area contributed by atoms with Gasteiger partial charge in [0.1, 0.15) is 17.4 Å². The third-order valence-corrected chi connectivity index (χ3v) is 6.16. The van der Waals surface area contributed by atoms with Gasteiger partial charge in [-0.3, -0.25) is 9.59 Å². The van der Waals surface area contributed by atoms with Gasteiger partial charge in [0.05, 0.1) is 29.4 Å². The molecule has 2 rings (SSSR count). The molecule has 0 fully saturated rings. The van der Waals surface area contributed by atoms with Crippen molar-refractivity contribution in [3.8, 4) is 0 Å². The van der Waals surface area contributed by atoms with E-state index in [0.717, 1.165) is 36.8 Å². The summed E-state index contributed by atoms with van der Waals surface area (Å²) in [6.45, 7) is 6.48. The molecule has 0 spiro atoms. The summed E-state index contributed by atoms with van der Waals surface area (Å²) in [4.78, 5) is 25.4. The molecule has 0 bridgehead atoms. The van der Waals surface area contributed by atoms with Gasteiger partial charge in [-0.1, -0.05) is 33.6 Å². The molecule has 0 aliphatic heterocycles. The van der Waals surface area contributed by atoms with Crippen LogP contribution in [0.1, 0.15) is 62.6 Å². The summed E-state index contributed by atoms with van der Waals surface area (Å²) in [5.74, 6) is 0.0865. The number of furan rings is 1. The van der Waals surface area contributed by atoms with Gasteiger partial charge in [-0.25, -0.2) is 8.78 Å². The molecule has 0 aliphatic carbocycles. The fourth-order valence-corrected chi connectivity index (χ4v) is 4.38. The number of hydrogen-bond donors (Lipinski definition) is 2. The lowest BCUT2D eigenvalue weighted by molar-refractivity contribution is -0.118. The Morgan fingerprint density at radius 1 is 1.18 bits per heavy atom. The number of Topliss-reactive ketones (excluding diaryl/α,β-unsaturated/α-hetero) is 1. The molecule has 0 saturated carbocycles. The molecular formula is C25H34F2N2O3S. The number of unbranched alkanes of at least 4 members (excludes halogenated alkanes) is 1. The molecule has 182 valence electrons. The Balaban J connectivity index is 1.97. The van der Waals surface area contributed by atoms with Gasteiger partial charge >= 0.3 is 0 Å². The monoisotopic (exact) mass is 480 g/mol. The predicted octanol–water partition coefficient (Wildman–Crippen LogP) is 5.35. The predicted molar refractivity (Wildman–Crippen MR) is 128 cm³/mol. The van der Waals surface area contributed by atoms with Crippen molar-refractivity contribution < 1.29 is 22.8 Å². The summed E-state index contributed by atoms with van der Waals surface area (Å²) in [5, 5.41) is 6.13. The smallest absolute Gasteiger partial charge is 0.254 e. The summed E-state index contributed by atoms with van der Waals surface area (Å²) in [6.07, 6.45) is 4.83. The largest absolute Gasteiger partial charge is 0.468 e. The Bertz CT molecular complexity index is 875. The number of carbonyl (C=O) groups is 2. The summed E-state index contributed by atoms with van der Waals surface area (Å²) < 4.78 is 32.8. The first-order valence-corrected chi connectivity index (χ1v) is 12.6. The number of ketones is 1. The maximum absolute atomic E-state index is 14.0. The van der Waals surface area contributed by atoms with Gasteiger partial charge in [-0.2, -0.15) is 0 Å². The molecular weight excluding hydrogens is 446 g/mol. The highest BCUT2D eigenvalue weighted by molar-refractivity contribution is 7.99. The number of rotatable bonds is 15. The second kappa shape index (κ2) is 14.2. The van der Waals surface area contributed by atoms with E-state index >= 15 is 0 Å². The summed E-state index contributed by atoms with van der Waals surface area (Å²) in [6, 6.07) is 5.87. The van der Waals surface area contributed by atoms with E-state index in [9.17, 15) is 18.4 Å². The van der Waals surface area contributed by atoms with Gasteiger partial charge in [0.2, 0.25) is 0 Å². The molecule has 33 heavy (non-hydrogen) atoms. The van der Waals surface area contributed by atoms with Gasteiger partial charge in [0.25, 0.3) is 5.91 Å². The van der Waals surface area contributed by atoms with Crippen molar-refractivity contribution in [2.24, 2.45) is 5.92 Å². The van der Waals surface area contributed by atoms with Crippen LogP contribution in [0.3, 0.4) is 0 Å². The topological polar surface area (TPSA) is 71.3 Å². The number of thioether (sulfide) groups is 1. The lowest BCUT2D eigenvalue weighted by atomic mass is 10.0. The standard InChI is InChI=1S/C25H34F2N2O3S/c1-4-5-8-23(24(30)16-33-15-20-7-6-11-32-20)28-14-19(12-17(2)3)29-25(31)21-13-18(26)9-10-22(21)27/h6-7,9-11,13,17,19,23,28H,4-5,8,12,14-16H2,1-3H3,(H,29,31). The quantitative estimate of drug-likeness (QED) is 0.359. The van der Waals surface area contributed by atoms with Crippen LogP contribution in [0.5, 0.6) is 0 Å². The highest BCUT2D eigenvalue weighted by atomic mass is 32.2. The second-order valence-electron chi connectivity index (χ2n) is 8.57. The lowest BCUT2D eigenvalue weighted by Gasteiger charge is -2.25. The minimum Gasteiger partial charge on any atom is -0.468 e. The van der Waals surface area contributed by atoms with Crippen molar-refractivity contribution in [3.05, 3.63) is 59.6 Å². The summed E-state index contributed by atoms with van der Waals surface area (Å²) in [5.41, 5.74) is -0.323. The Labute approximate surface area is 199 Å². The molecule has 2 N–H and O–H groups in total. The van der Waals surface area contributed by atoms with Crippen molar-refractivity contribution in [3.63, 3.8) is 0 Å². The maximum Gasteiger partial charge on any atom is 0.254 e. The molecule has 1 heterocycles. The van der Waals surface area contributed by atoms with Gasteiger partial charge in [-0.15, -0.1) is 11.8 Å². The second-order valence-corrected chi connectivity index (χ2v) is 9.55. The van der Waals surface area contributed by atoms with E-state index in [1.54, 1.807) is 6.26 Å². The number of halogens is 2. The average molecular weight is 481 g/mol. The highest BCUT2D eigenvalue weighted by Crippen LogP contribution is 2.15. The first-order chi connectivity index (χ1) is 15.8. The van der Waals surface area contributed by atoms with Crippen molar-refractivity contribution in [2.75, 3.05) is 12.3 Å². The van der Waals surface area contributed by atoms with Gasteiger partial charge in [0, 0.05) is 12.6 Å². The minimum atomic E-state index is -0.769. The van der Waals surface area contributed by atoms with Crippen LogP contribution >= 0.6 is 11.8 Å². The van der Waals surface area contributed by atoms with Crippen LogP contribution in [0.4, 0.5) is 8.78 Å². The molecule has 0 saturated heterocycles. The molecule has 2 atom stereocenters. The third-order valence-electron chi connectivity index (χ3n) is 5.18. The van der Waals surface area contributed by atoms with Crippen LogP contribution in [0.15, 0.2) is 41.0 Å². The van der Waals surface area contributed by atoms with E-state index in [-0.39, 0.29) is 29.3 Å². The number of nitrogens with one attached hydrogen (secondary N) is 2. The molecule has 8 heteroatoms. The van der Waals surface area contributed by atoms with Crippen molar-refractivity contribution >= 4 is 23.5 Å². The molecule has 5 nitrogen and oxygen atoms in total. The number of carbonyl (C=O) groups excluding carboxylic acids is 2. The first-order valence-electron chi connectivity index (χ1n) is 11.4. The zero-order valence-electron chi connectivity index (χ0n) is 19.5. The number of benzene rings is 1. The van der Waals surface area contributed by atoms with Crippen molar-refractivity contribution in [1.82, 2.24) is 10.6 Å². The Morgan fingerprint density at radius 2 is 1.97 bits per heavy atom. The SMILES string of the molecule is CCCCC(NCC(CC(C)C)NC(=O)c1cc(F)ccc1F)C(=O)CSCc1ccco1. The van der Waals surface area contributed by atoms with Gasteiger partial charge in [0.15, 0.2) is 5.78 Å². The van der Waals surface area contributed by atoms with Crippen LogP contribution < -0.4 is 10.6 Å². The number of amides is 1. The van der Waals surface area contributed by atoms with Crippen LogP contribution in [0, 0.1) is 17.6 Å². The van der Waals surface area contributed by atoms with E-state index in [4.69, 9.17) is 4.42 Å². The van der Waals surface area contributed by atoms with Crippen LogP contribution in [-0.4, -0.2) is 36.1 Å². The molecule has 1 amide bonds. The Hall–Kier alpha value is -2.19. The van der Waals surface area contributed by atoms with E-state index < -0.39 is 17.5 Å². The Kier molecular flexibility index (Phi) is 11.6. The van der Waals surface area contributed by atoms with E-state index in [1.165, 1.54) is 11.8 Å². The molecule has 1 aromatic heterocycles. The minimum absolute atomic E-state index is 0.103. The summed E-state index contributed by atoms with van der Waals surface area (Å²) in [7, 11) is 0. The van der Waals surface area contributed by atoms with E-state index in [2.05, 4.69) is 17.6 Å². The van der Waals surface area contributed by atoms with Gasteiger partial charge < -0.3 is 15.1 Å². The lowest BCUT2D eigenvalue weighted by Crippen LogP contribution is -2.48. The van der Waals surface area contributed by atoms with Crippen LogP contribution in [0.25, 0.3) is 0 Å². The zero-order valence-corrected chi connectivity index (χ0v) is 20.4. The zero-order chi connectivity index (χ0) is 24.2. The first kappa shape index (κ1) is 27.1. The van der Waals surface area contributed by atoms with Crippen molar-refractivity contribution in [1.29, 1.82) is 0 Å². The van der Waals surface area contributed by atoms with E-state index in [0.29, 0.717) is 30.9 Å². The van der Waals surface area contributed by atoms with Gasteiger partial charge in [-0.05, 0) is 49.1 Å². The fourth-order valence-electron chi connectivity index (χ4n) is 3.51. The van der Waals surface area contributed by atoms with E-state index in [1.807, 2.05) is 26.0 Å². The molecule has 0 radical (unpaired) electrons. The van der Waals surface area contributed by atoms with Crippen LogP contribution in [-0.2, 0) is 10.5 Å². The summed E-state index contributed by atoms with van der Waals surface area (Å²) >= 11 is 1.51. The average Bonchev–Trinajstić information content (AvgIpc) is 3.28. The third kappa shape index (κ3) is 9.68.